The van der Waals surface area contributed by atoms with Crippen molar-refractivity contribution in [3.8, 4) is 0 Å². The topological polar surface area (TPSA) is 52.6 Å². The molecule has 2 atom stereocenters. The Balaban J connectivity index is 1.88. The van der Waals surface area contributed by atoms with Gasteiger partial charge in [-0.05, 0) is 45.1 Å². The summed E-state index contributed by atoms with van der Waals surface area (Å²) in [7, 11) is 0. The molecule has 1 amide bonds. The van der Waals surface area contributed by atoms with Gasteiger partial charge in [-0.3, -0.25) is 4.79 Å². The molecule has 2 heterocycles. The zero-order valence-electron chi connectivity index (χ0n) is 10.5. The number of aliphatic hydroxyl groups is 1. The number of hydrogen-bond acceptors (Lipinski definition) is 3. The summed E-state index contributed by atoms with van der Waals surface area (Å²) in [6.07, 6.45) is 6.17. The predicted octanol–water partition coefficient (Wildman–Crippen LogP) is 0.749. The Hall–Kier alpha value is -0.610. The maximum Gasteiger partial charge on any atom is 0.227 e. The third-order valence-corrected chi connectivity index (χ3v) is 4.00. The Labute approximate surface area is 103 Å². The van der Waals surface area contributed by atoms with Crippen LogP contribution in [0, 0.1) is 5.92 Å². The standard InChI is InChI=1S/C13H24N2O2/c16-9-3-6-12-5-2-8-15(12)13(17)11-4-1-7-14-10-11/h11-12,14,16H,1-10H2. The van der Waals surface area contributed by atoms with Crippen molar-refractivity contribution in [1.82, 2.24) is 10.2 Å². The molecule has 0 saturated carbocycles. The Morgan fingerprint density at radius 1 is 1.35 bits per heavy atom. The molecule has 2 aliphatic rings. The van der Waals surface area contributed by atoms with Gasteiger partial charge in [-0.2, -0.15) is 0 Å². The van der Waals surface area contributed by atoms with E-state index in [9.17, 15) is 4.79 Å². The fourth-order valence-electron chi connectivity index (χ4n) is 3.05. The van der Waals surface area contributed by atoms with Crippen LogP contribution in [-0.2, 0) is 4.79 Å². The number of aliphatic hydroxyl groups excluding tert-OH is 1. The first-order valence-corrected chi connectivity index (χ1v) is 6.95. The number of rotatable bonds is 4. The largest absolute Gasteiger partial charge is 0.396 e. The number of hydrogen-bond donors (Lipinski definition) is 2. The van der Waals surface area contributed by atoms with Crippen LogP contribution in [0.4, 0.5) is 0 Å². The van der Waals surface area contributed by atoms with Gasteiger partial charge in [0.15, 0.2) is 0 Å². The summed E-state index contributed by atoms with van der Waals surface area (Å²) in [5, 5.41) is 12.2. The SMILES string of the molecule is O=C(C1CCCNC1)N1CCCC1CCCO. The summed E-state index contributed by atoms with van der Waals surface area (Å²) in [6.45, 7) is 3.06. The second-order valence-corrected chi connectivity index (χ2v) is 5.24. The number of nitrogens with zero attached hydrogens (tertiary/aromatic N) is 1. The van der Waals surface area contributed by atoms with Crippen LogP contribution in [0.3, 0.4) is 0 Å². The highest BCUT2D eigenvalue weighted by Crippen LogP contribution is 2.25. The first kappa shape index (κ1) is 12.8. The van der Waals surface area contributed by atoms with Crippen LogP contribution in [0.15, 0.2) is 0 Å². The molecule has 98 valence electrons. The molecular formula is C13H24N2O2. The monoisotopic (exact) mass is 240 g/mol. The third-order valence-electron chi connectivity index (χ3n) is 4.00. The molecule has 0 aromatic carbocycles. The molecule has 0 bridgehead atoms. The van der Waals surface area contributed by atoms with E-state index >= 15 is 0 Å². The molecule has 0 aliphatic carbocycles. The molecule has 0 aromatic rings. The van der Waals surface area contributed by atoms with Crippen molar-refractivity contribution in [3.63, 3.8) is 0 Å². The third kappa shape index (κ3) is 3.19. The number of carbonyl (C=O) groups excluding carboxylic acids is 1. The number of likely N-dealkylation sites (tertiary alicyclic amines) is 1. The number of nitrogens with one attached hydrogen (secondary N) is 1. The summed E-state index contributed by atoms with van der Waals surface area (Å²) < 4.78 is 0. The van der Waals surface area contributed by atoms with E-state index in [1.165, 1.54) is 0 Å². The van der Waals surface area contributed by atoms with Crippen molar-refractivity contribution < 1.29 is 9.90 Å². The molecule has 2 unspecified atom stereocenters. The van der Waals surface area contributed by atoms with Gasteiger partial charge in [0.05, 0.1) is 5.92 Å². The maximum absolute atomic E-state index is 12.4. The van der Waals surface area contributed by atoms with Gasteiger partial charge in [-0.25, -0.2) is 0 Å². The van der Waals surface area contributed by atoms with Crippen molar-refractivity contribution in [2.45, 2.75) is 44.6 Å². The van der Waals surface area contributed by atoms with Gasteiger partial charge in [-0.1, -0.05) is 0 Å². The summed E-state index contributed by atoms with van der Waals surface area (Å²) in [4.78, 5) is 14.5. The van der Waals surface area contributed by atoms with Gasteiger partial charge in [0.2, 0.25) is 5.91 Å². The quantitative estimate of drug-likeness (QED) is 0.762. The lowest BCUT2D eigenvalue weighted by Gasteiger charge is -2.31. The van der Waals surface area contributed by atoms with Gasteiger partial charge >= 0.3 is 0 Å². The number of carbonyl (C=O) groups is 1. The molecule has 17 heavy (non-hydrogen) atoms. The summed E-state index contributed by atoms with van der Waals surface area (Å²) in [5.41, 5.74) is 0. The average Bonchev–Trinajstić information content (AvgIpc) is 2.84. The van der Waals surface area contributed by atoms with Crippen molar-refractivity contribution in [2.75, 3.05) is 26.2 Å². The van der Waals surface area contributed by atoms with Crippen molar-refractivity contribution in [3.05, 3.63) is 0 Å². The Bertz CT molecular complexity index is 252. The van der Waals surface area contributed by atoms with Crippen molar-refractivity contribution >= 4 is 5.91 Å². The second kappa shape index (κ2) is 6.36. The van der Waals surface area contributed by atoms with Gasteiger partial charge in [0.1, 0.15) is 0 Å². The minimum Gasteiger partial charge on any atom is -0.396 e. The highest BCUT2D eigenvalue weighted by atomic mass is 16.3. The zero-order chi connectivity index (χ0) is 12.1. The molecule has 4 nitrogen and oxygen atoms in total. The fourth-order valence-corrected chi connectivity index (χ4v) is 3.05. The summed E-state index contributed by atoms with van der Waals surface area (Å²) in [6, 6.07) is 0.386. The minimum atomic E-state index is 0.193. The second-order valence-electron chi connectivity index (χ2n) is 5.24. The van der Waals surface area contributed by atoms with Crippen LogP contribution >= 0.6 is 0 Å². The van der Waals surface area contributed by atoms with Crippen LogP contribution in [-0.4, -0.2) is 48.2 Å². The first-order valence-electron chi connectivity index (χ1n) is 6.95. The number of amides is 1. The molecule has 2 N–H and O–H groups in total. The molecule has 0 spiro atoms. The van der Waals surface area contributed by atoms with Crippen LogP contribution in [0.25, 0.3) is 0 Å². The highest BCUT2D eigenvalue weighted by molar-refractivity contribution is 5.79. The van der Waals surface area contributed by atoms with E-state index in [1.807, 2.05) is 0 Å². The lowest BCUT2D eigenvalue weighted by Crippen LogP contribution is -2.45. The minimum absolute atomic E-state index is 0.193. The van der Waals surface area contributed by atoms with Crippen LogP contribution in [0.5, 0.6) is 0 Å². The molecule has 0 radical (unpaired) electrons. The highest BCUT2D eigenvalue weighted by Gasteiger charge is 2.32. The summed E-state index contributed by atoms with van der Waals surface area (Å²) in [5.74, 6) is 0.538. The van der Waals surface area contributed by atoms with Crippen LogP contribution in [0.2, 0.25) is 0 Å². The Kier molecular flexibility index (Phi) is 4.80. The molecule has 4 heteroatoms. The zero-order valence-corrected chi connectivity index (χ0v) is 10.5. The number of piperidine rings is 1. The lowest BCUT2D eigenvalue weighted by atomic mass is 9.97. The van der Waals surface area contributed by atoms with E-state index in [2.05, 4.69) is 10.2 Å². The van der Waals surface area contributed by atoms with E-state index in [-0.39, 0.29) is 12.5 Å². The molecule has 0 aromatic heterocycles. The van der Waals surface area contributed by atoms with E-state index in [1.54, 1.807) is 0 Å². The molecule has 2 saturated heterocycles. The predicted molar refractivity (Wildman–Crippen MR) is 66.6 cm³/mol. The van der Waals surface area contributed by atoms with Crippen LogP contribution in [0.1, 0.15) is 38.5 Å². The van der Waals surface area contributed by atoms with Gasteiger partial charge in [-0.15, -0.1) is 0 Å². The first-order chi connectivity index (χ1) is 8.33. The van der Waals surface area contributed by atoms with Gasteiger partial charge in [0.25, 0.3) is 0 Å². The van der Waals surface area contributed by atoms with E-state index in [0.29, 0.717) is 11.9 Å². The van der Waals surface area contributed by atoms with Gasteiger partial charge in [0, 0.05) is 25.7 Å². The Morgan fingerprint density at radius 2 is 2.24 bits per heavy atom. The molecular weight excluding hydrogens is 216 g/mol. The van der Waals surface area contributed by atoms with Gasteiger partial charge < -0.3 is 15.3 Å². The van der Waals surface area contributed by atoms with E-state index in [0.717, 1.165) is 58.2 Å². The Morgan fingerprint density at radius 3 is 2.94 bits per heavy atom. The smallest absolute Gasteiger partial charge is 0.227 e. The molecule has 2 rings (SSSR count). The maximum atomic E-state index is 12.4. The van der Waals surface area contributed by atoms with E-state index < -0.39 is 0 Å². The average molecular weight is 240 g/mol. The molecule has 2 aliphatic heterocycles. The fraction of sp³-hybridized carbons (Fsp3) is 0.923. The van der Waals surface area contributed by atoms with E-state index in [4.69, 9.17) is 5.11 Å². The molecule has 2 fully saturated rings. The normalized spacial score (nSPS) is 29.6. The lowest BCUT2D eigenvalue weighted by molar-refractivity contribution is -0.137. The summed E-state index contributed by atoms with van der Waals surface area (Å²) >= 11 is 0. The van der Waals surface area contributed by atoms with Crippen molar-refractivity contribution in [2.24, 2.45) is 5.92 Å². The van der Waals surface area contributed by atoms with Crippen molar-refractivity contribution in [1.29, 1.82) is 0 Å². The van der Waals surface area contributed by atoms with Crippen LogP contribution < -0.4 is 5.32 Å².